The Morgan fingerprint density at radius 2 is 2.05 bits per heavy atom. The fraction of sp³-hybridized carbons (Fsp3) is 0.462. The van der Waals surface area contributed by atoms with Crippen LogP contribution in [0.2, 0.25) is 0 Å². The van der Waals surface area contributed by atoms with E-state index in [-0.39, 0.29) is 12.2 Å². The van der Waals surface area contributed by atoms with E-state index in [1.165, 1.54) is 12.1 Å². The minimum absolute atomic E-state index is 0.0161. The van der Waals surface area contributed by atoms with Crippen molar-refractivity contribution in [3.05, 3.63) is 29.3 Å². The number of alkyl halides is 3. The summed E-state index contributed by atoms with van der Waals surface area (Å²) < 4.78 is 38.0. The Morgan fingerprint density at radius 1 is 1.37 bits per heavy atom. The molecule has 0 aliphatic rings. The molecule has 104 valence electrons. The highest BCUT2D eigenvalue weighted by Crippen LogP contribution is 2.33. The molecule has 1 rings (SSSR count). The monoisotopic (exact) mass is 272 g/mol. The molecule has 0 aliphatic heterocycles. The van der Waals surface area contributed by atoms with Crippen LogP contribution >= 0.6 is 0 Å². The van der Waals surface area contributed by atoms with Gasteiger partial charge in [0.15, 0.2) is 0 Å². The van der Waals surface area contributed by atoms with Crippen LogP contribution in [0, 0.1) is 11.3 Å². The number of anilines is 1. The number of halogens is 3. The van der Waals surface area contributed by atoms with Crippen molar-refractivity contribution in [2.24, 2.45) is 0 Å². The number of hydrogen-bond donors (Lipinski definition) is 1. The van der Waals surface area contributed by atoms with E-state index >= 15 is 0 Å². The molecule has 19 heavy (non-hydrogen) atoms. The zero-order valence-corrected chi connectivity index (χ0v) is 10.5. The Morgan fingerprint density at radius 3 is 2.53 bits per heavy atom. The topological polar surface area (TPSA) is 47.3 Å². The smallest absolute Gasteiger partial charge is 0.396 e. The van der Waals surface area contributed by atoms with Gasteiger partial charge in [-0.1, -0.05) is 0 Å². The summed E-state index contributed by atoms with van der Waals surface area (Å²) in [6, 6.07) is 5.10. The van der Waals surface area contributed by atoms with Crippen LogP contribution in [0.3, 0.4) is 0 Å². The Balaban J connectivity index is 3.09. The maximum atomic E-state index is 12.7. The van der Waals surface area contributed by atoms with Crippen LogP contribution in [0.25, 0.3) is 0 Å². The van der Waals surface area contributed by atoms with Crippen LogP contribution in [0.4, 0.5) is 18.9 Å². The fourth-order valence-electron chi connectivity index (χ4n) is 1.80. The second kappa shape index (κ2) is 6.43. The second-order valence-corrected chi connectivity index (χ2v) is 4.00. The number of benzene rings is 1. The molecule has 0 heterocycles. The molecule has 0 atom stereocenters. The maximum Gasteiger partial charge on any atom is 0.417 e. The summed E-state index contributed by atoms with van der Waals surface area (Å²) in [6.07, 6.45) is -4.00. The van der Waals surface area contributed by atoms with E-state index in [9.17, 15) is 13.2 Å². The third-order valence-corrected chi connectivity index (χ3v) is 2.76. The Labute approximate surface area is 109 Å². The van der Waals surface area contributed by atoms with Crippen LogP contribution in [-0.2, 0) is 6.18 Å². The van der Waals surface area contributed by atoms with E-state index < -0.39 is 11.7 Å². The lowest BCUT2D eigenvalue weighted by atomic mass is 10.1. The molecule has 0 spiro atoms. The minimum atomic E-state index is -4.52. The molecular formula is C13H15F3N2O. The molecule has 0 aliphatic carbocycles. The SMILES string of the molecule is CCN(CCCO)c1ccc(C(F)(F)F)c(C#N)c1. The van der Waals surface area contributed by atoms with E-state index in [0.29, 0.717) is 25.2 Å². The summed E-state index contributed by atoms with van der Waals surface area (Å²) in [7, 11) is 0. The number of aliphatic hydroxyl groups excluding tert-OH is 1. The molecule has 1 aromatic rings. The van der Waals surface area contributed by atoms with Crippen molar-refractivity contribution in [3.8, 4) is 6.07 Å². The predicted molar refractivity (Wildman–Crippen MR) is 65.7 cm³/mol. The standard InChI is InChI=1S/C13H15F3N2O/c1-2-18(6-3-7-19)11-4-5-12(13(14,15)16)10(8-11)9-17/h4-5,8,19H,2-3,6-7H2,1H3. The molecule has 0 fully saturated rings. The lowest BCUT2D eigenvalue weighted by Gasteiger charge is -2.23. The molecule has 0 saturated carbocycles. The molecule has 6 heteroatoms. The summed E-state index contributed by atoms with van der Waals surface area (Å²) in [5.74, 6) is 0. The summed E-state index contributed by atoms with van der Waals surface area (Å²) in [4.78, 5) is 1.82. The van der Waals surface area contributed by atoms with Gasteiger partial charge in [-0.2, -0.15) is 18.4 Å². The van der Waals surface area contributed by atoms with Gasteiger partial charge in [0, 0.05) is 25.4 Å². The van der Waals surface area contributed by atoms with Crippen LogP contribution in [0.5, 0.6) is 0 Å². The van der Waals surface area contributed by atoms with E-state index in [1.54, 1.807) is 6.07 Å². The fourth-order valence-corrected chi connectivity index (χ4v) is 1.80. The molecule has 3 nitrogen and oxygen atoms in total. The zero-order chi connectivity index (χ0) is 14.5. The number of aliphatic hydroxyl groups is 1. The average molecular weight is 272 g/mol. The van der Waals surface area contributed by atoms with Gasteiger partial charge >= 0.3 is 6.18 Å². The molecule has 1 N–H and O–H groups in total. The summed E-state index contributed by atoms with van der Waals surface area (Å²) in [6.45, 7) is 3.00. The van der Waals surface area contributed by atoms with Crippen molar-refractivity contribution >= 4 is 5.69 Å². The summed E-state index contributed by atoms with van der Waals surface area (Å²) >= 11 is 0. The second-order valence-electron chi connectivity index (χ2n) is 4.00. The van der Waals surface area contributed by atoms with Gasteiger partial charge in [-0.3, -0.25) is 0 Å². The molecule has 0 amide bonds. The van der Waals surface area contributed by atoms with Gasteiger partial charge in [-0.25, -0.2) is 0 Å². The maximum absolute atomic E-state index is 12.7. The first-order valence-corrected chi connectivity index (χ1v) is 5.91. The van der Waals surface area contributed by atoms with E-state index in [4.69, 9.17) is 10.4 Å². The van der Waals surface area contributed by atoms with Crippen molar-refractivity contribution < 1.29 is 18.3 Å². The van der Waals surface area contributed by atoms with Gasteiger partial charge in [0.25, 0.3) is 0 Å². The first-order chi connectivity index (χ1) is 8.93. The van der Waals surface area contributed by atoms with Crippen LogP contribution in [0.15, 0.2) is 18.2 Å². The van der Waals surface area contributed by atoms with E-state index in [2.05, 4.69) is 0 Å². The lowest BCUT2D eigenvalue weighted by molar-refractivity contribution is -0.137. The van der Waals surface area contributed by atoms with E-state index in [0.717, 1.165) is 6.07 Å². The first kappa shape index (κ1) is 15.3. The number of nitriles is 1. The van der Waals surface area contributed by atoms with Gasteiger partial charge in [0.1, 0.15) is 0 Å². The van der Waals surface area contributed by atoms with Crippen molar-refractivity contribution in [1.29, 1.82) is 5.26 Å². The van der Waals surface area contributed by atoms with Crippen molar-refractivity contribution in [2.45, 2.75) is 19.5 Å². The third kappa shape index (κ3) is 3.86. The number of nitrogens with zero attached hydrogens (tertiary/aromatic N) is 2. The normalized spacial score (nSPS) is 11.2. The molecule has 0 aromatic heterocycles. The third-order valence-electron chi connectivity index (χ3n) is 2.76. The summed E-state index contributed by atoms with van der Waals surface area (Å²) in [5.41, 5.74) is -0.745. The highest BCUT2D eigenvalue weighted by atomic mass is 19.4. The van der Waals surface area contributed by atoms with Crippen LogP contribution in [0.1, 0.15) is 24.5 Å². The van der Waals surface area contributed by atoms with Gasteiger partial charge in [0.05, 0.1) is 17.2 Å². The van der Waals surface area contributed by atoms with Gasteiger partial charge in [-0.15, -0.1) is 0 Å². The highest BCUT2D eigenvalue weighted by Gasteiger charge is 2.33. The van der Waals surface area contributed by atoms with Crippen molar-refractivity contribution in [1.82, 2.24) is 0 Å². The predicted octanol–water partition coefficient (Wildman–Crippen LogP) is 2.79. The lowest BCUT2D eigenvalue weighted by Crippen LogP contribution is -2.25. The molecule has 0 unspecified atom stereocenters. The number of hydrogen-bond acceptors (Lipinski definition) is 3. The van der Waals surface area contributed by atoms with Crippen LogP contribution in [-0.4, -0.2) is 24.8 Å². The van der Waals surface area contributed by atoms with Gasteiger partial charge < -0.3 is 10.0 Å². The molecular weight excluding hydrogens is 257 g/mol. The summed E-state index contributed by atoms with van der Waals surface area (Å²) in [5, 5.41) is 17.6. The number of rotatable bonds is 5. The Kier molecular flexibility index (Phi) is 5.19. The van der Waals surface area contributed by atoms with Crippen molar-refractivity contribution in [3.63, 3.8) is 0 Å². The minimum Gasteiger partial charge on any atom is -0.396 e. The van der Waals surface area contributed by atoms with Gasteiger partial charge in [-0.05, 0) is 31.5 Å². The molecule has 0 radical (unpaired) electrons. The highest BCUT2D eigenvalue weighted by molar-refractivity contribution is 5.55. The Hall–Kier alpha value is -1.74. The molecule has 0 bridgehead atoms. The van der Waals surface area contributed by atoms with Gasteiger partial charge in [0.2, 0.25) is 0 Å². The van der Waals surface area contributed by atoms with Crippen LogP contribution < -0.4 is 4.90 Å². The first-order valence-electron chi connectivity index (χ1n) is 5.91. The Bertz CT molecular complexity index is 466. The van der Waals surface area contributed by atoms with E-state index in [1.807, 2.05) is 11.8 Å². The zero-order valence-electron chi connectivity index (χ0n) is 10.5. The van der Waals surface area contributed by atoms with Crippen molar-refractivity contribution in [2.75, 3.05) is 24.6 Å². The molecule has 0 saturated heterocycles. The molecule has 1 aromatic carbocycles. The largest absolute Gasteiger partial charge is 0.417 e. The average Bonchev–Trinajstić information content (AvgIpc) is 2.38. The quantitative estimate of drug-likeness (QED) is 0.896.